The van der Waals surface area contributed by atoms with Crippen LogP contribution in [0.25, 0.3) is 0 Å². The average molecular weight is 472 g/mol. The van der Waals surface area contributed by atoms with Crippen molar-refractivity contribution in [2.75, 3.05) is 19.1 Å². The number of fused-ring (bicyclic) bond motifs is 1. The van der Waals surface area contributed by atoms with Gasteiger partial charge < -0.3 is 14.1 Å². The monoisotopic (exact) mass is 471 g/mol. The molecule has 0 bridgehead atoms. The molecule has 0 N–H and O–H groups in total. The molecule has 4 heteroatoms. The van der Waals surface area contributed by atoms with Crippen LogP contribution < -0.4 is 9.64 Å². The average Bonchev–Trinajstić information content (AvgIpc) is 3.53. The van der Waals surface area contributed by atoms with Gasteiger partial charge in [-0.25, -0.2) is 0 Å². The molecule has 1 aromatic rings. The van der Waals surface area contributed by atoms with E-state index in [0.29, 0.717) is 34.2 Å². The third-order valence-corrected chi connectivity index (χ3v) is 15.2. The van der Waals surface area contributed by atoms with E-state index in [1.54, 1.807) is 7.11 Å². The maximum absolute atomic E-state index is 7.44. The Morgan fingerprint density at radius 3 is 2.18 bits per heavy atom. The third kappa shape index (κ3) is 4.93. The van der Waals surface area contributed by atoms with Crippen LogP contribution in [0, 0.1) is 11.8 Å². The van der Waals surface area contributed by atoms with Gasteiger partial charge in [-0.3, -0.25) is 0 Å². The van der Waals surface area contributed by atoms with Gasteiger partial charge in [-0.05, 0) is 91.8 Å². The molecule has 33 heavy (non-hydrogen) atoms. The first-order valence-electron chi connectivity index (χ1n) is 13.3. The van der Waals surface area contributed by atoms with Gasteiger partial charge in [0, 0.05) is 24.4 Å². The minimum Gasteiger partial charge on any atom is -0.497 e. The minimum atomic E-state index is -1.89. The fourth-order valence-corrected chi connectivity index (χ4v) is 12.9. The summed E-state index contributed by atoms with van der Waals surface area (Å²) in [7, 11) is 2.16. The van der Waals surface area contributed by atoms with Crippen LogP contribution in [0.4, 0.5) is 5.69 Å². The Kier molecular flexibility index (Phi) is 8.43. The molecule has 186 valence electrons. The predicted molar refractivity (Wildman–Crippen MR) is 145 cm³/mol. The molecule has 3 nitrogen and oxygen atoms in total. The number of anilines is 1. The van der Waals surface area contributed by atoms with Crippen molar-refractivity contribution < 1.29 is 9.16 Å². The normalized spacial score (nSPS) is 27.5. The summed E-state index contributed by atoms with van der Waals surface area (Å²) in [4.78, 5) is 2.58. The van der Waals surface area contributed by atoms with Gasteiger partial charge in [-0.15, -0.1) is 0 Å². The van der Waals surface area contributed by atoms with Gasteiger partial charge >= 0.3 is 0 Å². The Bertz CT molecular complexity index is 766. The largest absolute Gasteiger partial charge is 0.497 e. The zero-order valence-corrected chi connectivity index (χ0v) is 23.7. The Labute approximate surface area is 205 Å². The SMILES string of the molecule is C/C=C\CC[C@H]1C2CC2(N(C)c2ccc(OC)cc2)CC[C@H]1O[Si](C(C)C)(C(C)C)C(C)C. The highest BCUT2D eigenvalue weighted by molar-refractivity contribution is 6.77. The van der Waals surface area contributed by atoms with Crippen molar-refractivity contribution in [3.05, 3.63) is 36.4 Å². The summed E-state index contributed by atoms with van der Waals surface area (Å²) in [6.07, 6.45) is 11.1. The second-order valence-electron chi connectivity index (χ2n) is 11.5. The smallest absolute Gasteiger partial charge is 0.200 e. The molecular weight excluding hydrogens is 422 g/mol. The van der Waals surface area contributed by atoms with Crippen LogP contribution >= 0.6 is 0 Å². The predicted octanol–water partition coefficient (Wildman–Crippen LogP) is 8.22. The summed E-state index contributed by atoms with van der Waals surface area (Å²) < 4.78 is 12.8. The molecule has 2 saturated carbocycles. The number of nitrogens with zero attached hydrogens (tertiary/aromatic N) is 1. The van der Waals surface area contributed by atoms with Crippen LogP contribution in [0.5, 0.6) is 5.75 Å². The van der Waals surface area contributed by atoms with Crippen molar-refractivity contribution in [3.8, 4) is 5.75 Å². The number of rotatable bonds is 11. The summed E-state index contributed by atoms with van der Waals surface area (Å²) in [6, 6.07) is 8.61. The quantitative estimate of drug-likeness (QED) is 0.240. The van der Waals surface area contributed by atoms with Crippen molar-refractivity contribution in [1.29, 1.82) is 0 Å². The highest BCUT2D eigenvalue weighted by Crippen LogP contribution is 2.62. The molecule has 0 saturated heterocycles. The zero-order valence-electron chi connectivity index (χ0n) is 22.7. The van der Waals surface area contributed by atoms with Gasteiger partial charge in [-0.1, -0.05) is 53.7 Å². The van der Waals surface area contributed by atoms with E-state index in [4.69, 9.17) is 9.16 Å². The van der Waals surface area contributed by atoms with E-state index >= 15 is 0 Å². The van der Waals surface area contributed by atoms with Crippen molar-refractivity contribution in [2.45, 2.75) is 109 Å². The summed E-state index contributed by atoms with van der Waals surface area (Å²) in [5.41, 5.74) is 3.53. The molecule has 0 aromatic heterocycles. The minimum absolute atomic E-state index is 0.298. The number of allylic oxidation sites excluding steroid dienone is 2. The van der Waals surface area contributed by atoms with Crippen LogP contribution in [0.15, 0.2) is 36.4 Å². The number of hydrogen-bond donors (Lipinski definition) is 0. The molecule has 2 aliphatic rings. The van der Waals surface area contributed by atoms with Gasteiger partial charge in [0.15, 0.2) is 0 Å². The van der Waals surface area contributed by atoms with Gasteiger partial charge in [0.05, 0.1) is 7.11 Å². The summed E-state index contributed by atoms with van der Waals surface area (Å²) in [6.45, 7) is 16.7. The fourth-order valence-electron chi connectivity index (χ4n) is 7.30. The van der Waals surface area contributed by atoms with Gasteiger partial charge in [-0.2, -0.15) is 0 Å². The van der Waals surface area contributed by atoms with E-state index in [1.807, 2.05) is 0 Å². The molecule has 0 heterocycles. The number of benzene rings is 1. The number of methoxy groups -OCH3 is 1. The summed E-state index contributed by atoms with van der Waals surface area (Å²) >= 11 is 0. The first-order chi connectivity index (χ1) is 15.6. The lowest BCUT2D eigenvalue weighted by atomic mass is 9.80. The maximum Gasteiger partial charge on any atom is 0.200 e. The van der Waals surface area contributed by atoms with E-state index in [9.17, 15) is 0 Å². The van der Waals surface area contributed by atoms with Crippen molar-refractivity contribution in [3.63, 3.8) is 0 Å². The second-order valence-corrected chi connectivity index (χ2v) is 16.9. The topological polar surface area (TPSA) is 21.7 Å². The first-order valence-corrected chi connectivity index (χ1v) is 15.4. The van der Waals surface area contributed by atoms with Gasteiger partial charge in [0.25, 0.3) is 0 Å². The lowest BCUT2D eigenvalue weighted by Crippen LogP contribution is -2.54. The van der Waals surface area contributed by atoms with Crippen LogP contribution in [0.1, 0.15) is 80.6 Å². The maximum atomic E-state index is 7.44. The molecule has 0 spiro atoms. The molecule has 1 aromatic carbocycles. The standard InChI is InChI=1S/C29H49NO2Si/c1-10-11-12-13-26-27-20-29(27,30(8)24-14-16-25(31-9)17-15-24)19-18-28(26)32-33(21(2)3,22(4)5)23(6)7/h10-11,14-17,21-23,26-28H,12-13,18-20H2,1-9H3/b11-10-/t26-,27?,28+,29?/m0/s1. The van der Waals surface area contributed by atoms with Crippen LogP contribution in [0.2, 0.25) is 16.6 Å². The zero-order chi connectivity index (χ0) is 24.4. The lowest BCUT2D eigenvalue weighted by Gasteiger charge is -2.49. The number of hydrogen-bond acceptors (Lipinski definition) is 3. The van der Waals surface area contributed by atoms with Crippen molar-refractivity contribution >= 4 is 14.0 Å². The van der Waals surface area contributed by atoms with E-state index in [1.165, 1.54) is 37.8 Å². The van der Waals surface area contributed by atoms with Gasteiger partial charge in [0.2, 0.25) is 8.32 Å². The Morgan fingerprint density at radius 2 is 1.67 bits per heavy atom. The molecule has 0 amide bonds. The van der Waals surface area contributed by atoms with Crippen molar-refractivity contribution in [1.82, 2.24) is 0 Å². The third-order valence-electron chi connectivity index (χ3n) is 9.05. The molecule has 3 rings (SSSR count). The van der Waals surface area contributed by atoms with Crippen LogP contribution in [0.3, 0.4) is 0 Å². The van der Waals surface area contributed by atoms with Crippen LogP contribution in [-0.4, -0.2) is 34.1 Å². The summed E-state index contributed by atoms with van der Waals surface area (Å²) in [5.74, 6) is 2.31. The highest BCUT2D eigenvalue weighted by Gasteiger charge is 2.64. The molecule has 4 atom stereocenters. The molecule has 2 unspecified atom stereocenters. The number of ether oxygens (including phenoxy) is 1. The Morgan fingerprint density at radius 1 is 1.06 bits per heavy atom. The first kappa shape index (κ1) is 26.3. The van der Waals surface area contributed by atoms with E-state index < -0.39 is 8.32 Å². The van der Waals surface area contributed by atoms with Crippen LogP contribution in [-0.2, 0) is 4.43 Å². The van der Waals surface area contributed by atoms with Gasteiger partial charge in [0.1, 0.15) is 5.75 Å². The van der Waals surface area contributed by atoms with Crippen molar-refractivity contribution in [2.24, 2.45) is 11.8 Å². The van der Waals surface area contributed by atoms with E-state index in [2.05, 4.69) is 96.8 Å². The Balaban J connectivity index is 1.85. The second kappa shape index (κ2) is 10.6. The summed E-state index contributed by atoms with van der Waals surface area (Å²) in [5, 5.41) is 0. The highest BCUT2D eigenvalue weighted by atomic mass is 28.4. The molecule has 2 fully saturated rings. The molecule has 2 aliphatic carbocycles. The van der Waals surface area contributed by atoms with E-state index in [0.717, 1.165) is 11.7 Å². The molecular formula is C29H49NO2Si. The molecule has 0 radical (unpaired) electrons. The van der Waals surface area contributed by atoms with E-state index in [-0.39, 0.29) is 0 Å². The molecule has 0 aliphatic heterocycles. The Hall–Kier alpha value is -1.26. The lowest BCUT2D eigenvalue weighted by molar-refractivity contribution is 0.0583. The fraction of sp³-hybridized carbons (Fsp3) is 0.724.